The van der Waals surface area contributed by atoms with Gasteiger partial charge in [-0.3, -0.25) is 0 Å². The van der Waals surface area contributed by atoms with E-state index in [1.165, 1.54) is 0 Å². The van der Waals surface area contributed by atoms with Crippen molar-refractivity contribution in [3.05, 3.63) is 101 Å². The van der Waals surface area contributed by atoms with E-state index >= 15 is 0 Å². The van der Waals surface area contributed by atoms with Crippen LogP contribution in [0.3, 0.4) is 0 Å². The van der Waals surface area contributed by atoms with Crippen LogP contribution >= 0.6 is 0 Å². The fourth-order valence-electron chi connectivity index (χ4n) is 4.42. The second-order valence-corrected chi connectivity index (χ2v) is 10.0. The first kappa shape index (κ1) is 45.7. The smallest absolute Gasteiger partial charge is 0.330 e. The number of hydrogen-bond donors (Lipinski definition) is 0. The standard InChI is InChI=1S/C36H42O16/c1-9-29(37)45-17-23(25(19-47-31(39)11-3)27(51-35(43)15-7)21-49-33(41)13-5)24(18-46-30(38)10-2)26(20-48-32(40)12-4)28(52-36(44)16-8)22-50-34(42)14-6/h9-16,23-28H,1-8,17-22H2. The highest BCUT2D eigenvalue weighted by atomic mass is 16.6. The van der Waals surface area contributed by atoms with Gasteiger partial charge in [0.25, 0.3) is 0 Å². The van der Waals surface area contributed by atoms with Crippen molar-refractivity contribution in [1.82, 2.24) is 0 Å². The molecule has 0 saturated carbocycles. The van der Waals surface area contributed by atoms with Crippen LogP contribution in [-0.2, 0) is 76.3 Å². The Morgan fingerprint density at radius 3 is 0.712 bits per heavy atom. The lowest BCUT2D eigenvalue weighted by molar-refractivity contribution is -0.176. The molecule has 0 aliphatic heterocycles. The maximum Gasteiger partial charge on any atom is 0.330 e. The molecule has 0 aliphatic rings. The van der Waals surface area contributed by atoms with Crippen LogP contribution in [0.25, 0.3) is 0 Å². The van der Waals surface area contributed by atoms with Crippen LogP contribution in [0, 0.1) is 23.7 Å². The van der Waals surface area contributed by atoms with Gasteiger partial charge < -0.3 is 37.9 Å². The van der Waals surface area contributed by atoms with Crippen molar-refractivity contribution in [2.75, 3.05) is 39.6 Å². The van der Waals surface area contributed by atoms with Crippen LogP contribution in [0.2, 0.25) is 0 Å². The van der Waals surface area contributed by atoms with Gasteiger partial charge in [0.15, 0.2) is 0 Å². The van der Waals surface area contributed by atoms with E-state index in [0.29, 0.717) is 0 Å². The van der Waals surface area contributed by atoms with Gasteiger partial charge in [0.05, 0.1) is 26.4 Å². The van der Waals surface area contributed by atoms with Gasteiger partial charge in [-0.1, -0.05) is 52.6 Å². The lowest BCUT2D eigenvalue weighted by atomic mass is 9.72. The van der Waals surface area contributed by atoms with Gasteiger partial charge in [-0.25, -0.2) is 38.4 Å². The summed E-state index contributed by atoms with van der Waals surface area (Å²) in [5.41, 5.74) is 0. The zero-order valence-electron chi connectivity index (χ0n) is 28.5. The van der Waals surface area contributed by atoms with Gasteiger partial charge in [0, 0.05) is 72.3 Å². The summed E-state index contributed by atoms with van der Waals surface area (Å²) in [5.74, 6) is -13.3. The molecular weight excluding hydrogens is 688 g/mol. The zero-order chi connectivity index (χ0) is 39.6. The Morgan fingerprint density at radius 1 is 0.308 bits per heavy atom. The Labute approximate surface area is 300 Å². The maximum absolute atomic E-state index is 12.6. The predicted molar refractivity (Wildman–Crippen MR) is 181 cm³/mol. The second-order valence-electron chi connectivity index (χ2n) is 10.0. The van der Waals surface area contributed by atoms with Crippen molar-refractivity contribution in [3.8, 4) is 0 Å². The summed E-state index contributed by atoms with van der Waals surface area (Å²) in [5, 5.41) is 0. The third-order valence-electron chi connectivity index (χ3n) is 6.93. The lowest BCUT2D eigenvalue weighted by Gasteiger charge is -2.41. The van der Waals surface area contributed by atoms with Crippen LogP contribution in [-0.4, -0.2) is 99.6 Å². The minimum absolute atomic E-state index is 0.685. The summed E-state index contributed by atoms with van der Waals surface area (Å²) in [6.45, 7) is 22.5. The molecule has 0 heterocycles. The largest absolute Gasteiger partial charge is 0.462 e. The van der Waals surface area contributed by atoms with Gasteiger partial charge in [0.2, 0.25) is 0 Å². The fourth-order valence-corrected chi connectivity index (χ4v) is 4.42. The van der Waals surface area contributed by atoms with E-state index in [2.05, 4.69) is 52.6 Å². The summed E-state index contributed by atoms with van der Waals surface area (Å²) in [6.07, 6.45) is 3.32. The third-order valence-corrected chi connectivity index (χ3v) is 6.93. The Morgan fingerprint density at radius 2 is 0.500 bits per heavy atom. The van der Waals surface area contributed by atoms with Crippen LogP contribution in [0.15, 0.2) is 101 Å². The van der Waals surface area contributed by atoms with Gasteiger partial charge in [-0.05, 0) is 0 Å². The first-order valence-electron chi connectivity index (χ1n) is 15.2. The summed E-state index contributed by atoms with van der Waals surface area (Å²) in [4.78, 5) is 99.0. The van der Waals surface area contributed by atoms with Gasteiger partial charge >= 0.3 is 47.8 Å². The summed E-state index contributed by atoms with van der Waals surface area (Å²) >= 11 is 0. The normalized spacial score (nSPS) is 13.5. The minimum atomic E-state index is -1.55. The average molecular weight is 731 g/mol. The van der Waals surface area contributed by atoms with Gasteiger partial charge in [0.1, 0.15) is 25.4 Å². The first-order valence-corrected chi connectivity index (χ1v) is 15.2. The van der Waals surface area contributed by atoms with Crippen LogP contribution in [0.1, 0.15) is 0 Å². The molecule has 6 unspecified atom stereocenters. The number of carbonyl (C=O) groups is 8. The molecule has 0 fully saturated rings. The highest BCUT2D eigenvalue weighted by Crippen LogP contribution is 2.36. The molecule has 0 spiro atoms. The topological polar surface area (TPSA) is 210 Å². The van der Waals surface area contributed by atoms with E-state index in [0.717, 1.165) is 48.6 Å². The Kier molecular flexibility index (Phi) is 22.5. The third kappa shape index (κ3) is 17.4. The highest BCUT2D eigenvalue weighted by Gasteiger charge is 2.46. The van der Waals surface area contributed by atoms with E-state index in [-0.39, 0.29) is 0 Å². The van der Waals surface area contributed by atoms with Crippen LogP contribution in [0.4, 0.5) is 0 Å². The van der Waals surface area contributed by atoms with E-state index in [1.807, 2.05) is 0 Å². The second kappa shape index (κ2) is 25.6. The van der Waals surface area contributed by atoms with Crippen molar-refractivity contribution in [2.45, 2.75) is 12.2 Å². The molecular formula is C36H42O16. The molecule has 0 bridgehead atoms. The number of carbonyl (C=O) groups excluding carboxylic acids is 8. The molecule has 0 N–H and O–H groups in total. The number of ether oxygens (including phenoxy) is 8. The fraction of sp³-hybridized carbons (Fsp3) is 0.333. The zero-order valence-corrected chi connectivity index (χ0v) is 28.5. The first-order chi connectivity index (χ1) is 24.7. The van der Waals surface area contributed by atoms with Crippen molar-refractivity contribution < 1.29 is 76.3 Å². The van der Waals surface area contributed by atoms with E-state index in [9.17, 15) is 38.4 Å². The molecule has 0 rings (SSSR count). The molecule has 0 radical (unpaired) electrons. The van der Waals surface area contributed by atoms with E-state index in [1.54, 1.807) is 0 Å². The minimum Gasteiger partial charge on any atom is -0.462 e. The lowest BCUT2D eigenvalue weighted by Crippen LogP contribution is -2.50. The molecule has 0 aromatic carbocycles. The molecule has 0 aromatic heterocycles. The number of rotatable bonds is 27. The SMILES string of the molecule is C=CC(=O)OCC(OC(=O)C=C)C(COC(=O)C=C)C(COC(=O)C=C)C(COC(=O)C=C)C(COC(=O)C=C)C(COC(=O)C=C)OC(=O)C=C. The Bertz CT molecular complexity index is 1290. The van der Waals surface area contributed by atoms with Crippen LogP contribution in [0.5, 0.6) is 0 Å². The van der Waals surface area contributed by atoms with E-state index < -0.39 is 123 Å². The quantitative estimate of drug-likeness (QED) is 0.0672. The van der Waals surface area contributed by atoms with Crippen molar-refractivity contribution >= 4 is 47.8 Å². The number of esters is 8. The van der Waals surface area contributed by atoms with E-state index in [4.69, 9.17) is 37.9 Å². The van der Waals surface area contributed by atoms with Crippen molar-refractivity contribution in [3.63, 3.8) is 0 Å². The summed E-state index contributed by atoms with van der Waals surface area (Å²) < 4.78 is 42.8. The molecule has 0 aliphatic carbocycles. The molecule has 52 heavy (non-hydrogen) atoms. The maximum atomic E-state index is 12.6. The van der Waals surface area contributed by atoms with Crippen molar-refractivity contribution in [2.24, 2.45) is 23.7 Å². The number of hydrogen-bond acceptors (Lipinski definition) is 16. The summed E-state index contributed by atoms with van der Waals surface area (Å²) in [6, 6.07) is 0. The average Bonchev–Trinajstić information content (AvgIpc) is 3.16. The Balaban J connectivity index is 8.02. The molecule has 0 saturated heterocycles. The molecule has 6 atom stereocenters. The van der Waals surface area contributed by atoms with Crippen LogP contribution < -0.4 is 0 Å². The molecule has 282 valence electrons. The molecule has 0 aromatic rings. The van der Waals surface area contributed by atoms with Gasteiger partial charge in [-0.2, -0.15) is 0 Å². The Hall–Kier alpha value is -6.32. The highest BCUT2D eigenvalue weighted by molar-refractivity contribution is 5.84. The predicted octanol–water partition coefficient (Wildman–Crippen LogP) is 2.02. The molecule has 0 amide bonds. The molecule has 16 heteroatoms. The van der Waals surface area contributed by atoms with Crippen molar-refractivity contribution in [1.29, 1.82) is 0 Å². The summed E-state index contributed by atoms with van der Waals surface area (Å²) in [7, 11) is 0. The van der Waals surface area contributed by atoms with Gasteiger partial charge in [-0.15, -0.1) is 0 Å². The monoisotopic (exact) mass is 730 g/mol. The molecule has 16 nitrogen and oxygen atoms in total.